The average Bonchev–Trinajstić information content (AvgIpc) is 3.42. The molecule has 0 atom stereocenters. The van der Waals surface area contributed by atoms with Crippen LogP contribution in [0.5, 0.6) is 0 Å². The van der Waals surface area contributed by atoms with Crippen molar-refractivity contribution in [2.75, 3.05) is 4.90 Å². The third kappa shape index (κ3) is 5.33. The number of anilines is 1. The van der Waals surface area contributed by atoms with Crippen LogP contribution < -0.4 is 4.90 Å². The molecule has 3 heteroatoms. The first-order valence-electron chi connectivity index (χ1n) is 19.2. The Hall–Kier alpha value is -6.58. The summed E-state index contributed by atoms with van der Waals surface area (Å²) in [6.07, 6.45) is 2.02. The number of amidine groups is 1. The summed E-state index contributed by atoms with van der Waals surface area (Å²) in [5, 5.41) is 9.90. The highest BCUT2D eigenvalue weighted by Gasteiger charge is 2.50. The Morgan fingerprint density at radius 3 is 1.53 bits per heavy atom. The number of fused-ring (bicyclic) bond motifs is 4. The van der Waals surface area contributed by atoms with Crippen molar-refractivity contribution >= 4 is 54.6 Å². The van der Waals surface area contributed by atoms with Gasteiger partial charge in [0.25, 0.3) is 0 Å². The van der Waals surface area contributed by atoms with Gasteiger partial charge in [-0.05, 0) is 135 Å². The molecule has 264 valence electrons. The molecule has 1 aliphatic rings. The van der Waals surface area contributed by atoms with Gasteiger partial charge in [-0.3, -0.25) is 9.98 Å². The minimum atomic E-state index is -0.304. The molecular formula is C52H41N3. The van der Waals surface area contributed by atoms with Gasteiger partial charge in [0.2, 0.25) is 0 Å². The molecule has 8 aromatic carbocycles. The van der Waals surface area contributed by atoms with Crippen LogP contribution in [0, 0.1) is 0 Å². The summed E-state index contributed by atoms with van der Waals surface area (Å²) in [7, 11) is 0. The van der Waals surface area contributed by atoms with Crippen molar-refractivity contribution < 1.29 is 0 Å². The quantitative estimate of drug-likeness (QED) is 0.167. The maximum atomic E-state index is 5.28. The molecule has 1 aromatic heterocycles. The lowest BCUT2D eigenvalue weighted by Crippen LogP contribution is -2.53. The summed E-state index contributed by atoms with van der Waals surface area (Å²) in [4.78, 5) is 12.7. The summed E-state index contributed by atoms with van der Waals surface area (Å²) in [6, 6.07) is 61.8. The molecule has 0 fully saturated rings. The van der Waals surface area contributed by atoms with Crippen molar-refractivity contribution in [3.8, 4) is 33.4 Å². The van der Waals surface area contributed by atoms with Crippen molar-refractivity contribution in [2.24, 2.45) is 4.99 Å². The van der Waals surface area contributed by atoms with Crippen molar-refractivity contribution in [2.45, 2.75) is 38.8 Å². The van der Waals surface area contributed by atoms with E-state index in [1.165, 1.54) is 65.3 Å². The van der Waals surface area contributed by atoms with E-state index >= 15 is 0 Å². The summed E-state index contributed by atoms with van der Waals surface area (Å²) in [6.45, 7) is 8.96. The Bertz CT molecular complexity index is 2970. The van der Waals surface area contributed by atoms with Crippen molar-refractivity contribution in [3.05, 3.63) is 182 Å². The number of hydrogen-bond acceptors (Lipinski definition) is 3. The van der Waals surface area contributed by atoms with Gasteiger partial charge in [0.15, 0.2) is 5.84 Å². The van der Waals surface area contributed by atoms with Gasteiger partial charge in [-0.2, -0.15) is 0 Å². The van der Waals surface area contributed by atoms with Gasteiger partial charge in [0.1, 0.15) is 5.69 Å². The minimum Gasteiger partial charge on any atom is -0.317 e. The zero-order valence-corrected chi connectivity index (χ0v) is 31.6. The predicted molar refractivity (Wildman–Crippen MR) is 234 cm³/mol. The van der Waals surface area contributed by atoms with Crippen LogP contribution in [0.25, 0.3) is 76.5 Å². The van der Waals surface area contributed by atoms with Gasteiger partial charge in [-0.25, -0.2) is 0 Å². The Kier molecular flexibility index (Phi) is 7.50. The molecule has 0 aliphatic carbocycles. The molecule has 9 aromatic rings. The molecular weight excluding hydrogens is 667 g/mol. The van der Waals surface area contributed by atoms with E-state index in [2.05, 4.69) is 202 Å². The van der Waals surface area contributed by atoms with E-state index in [-0.39, 0.29) is 11.1 Å². The molecule has 0 N–H and O–H groups in total. The number of hydrogen-bond donors (Lipinski definition) is 0. The number of para-hydroxylation sites is 1. The molecule has 10 rings (SSSR count). The Morgan fingerprint density at radius 1 is 0.418 bits per heavy atom. The third-order valence-electron chi connectivity index (χ3n) is 12.1. The summed E-state index contributed by atoms with van der Waals surface area (Å²) in [5.41, 5.74) is 8.56. The van der Waals surface area contributed by atoms with Crippen LogP contribution in [-0.2, 0) is 0 Å². The Morgan fingerprint density at radius 2 is 0.927 bits per heavy atom. The number of aliphatic imine (C=N–C) groups is 1. The second-order valence-electron chi connectivity index (χ2n) is 15.8. The number of rotatable bonds is 5. The first-order chi connectivity index (χ1) is 26.8. The van der Waals surface area contributed by atoms with Crippen LogP contribution in [0.3, 0.4) is 0 Å². The van der Waals surface area contributed by atoms with Gasteiger partial charge in [0, 0.05) is 17.4 Å². The van der Waals surface area contributed by atoms with E-state index in [1.54, 1.807) is 0 Å². The molecule has 55 heavy (non-hydrogen) atoms. The van der Waals surface area contributed by atoms with Gasteiger partial charge < -0.3 is 4.90 Å². The lowest BCUT2D eigenvalue weighted by atomic mass is 9.83. The Balaban J connectivity index is 1.17. The van der Waals surface area contributed by atoms with E-state index in [1.807, 2.05) is 6.20 Å². The number of nitrogens with zero attached hydrogens (tertiary/aromatic N) is 3. The second kappa shape index (κ2) is 12.5. The number of benzene rings is 8. The fraction of sp³-hybridized carbons (Fsp3) is 0.115. The molecule has 0 radical (unpaired) electrons. The van der Waals surface area contributed by atoms with Crippen molar-refractivity contribution in [1.82, 2.24) is 4.98 Å². The standard InChI is InChI=1S/C52H41N3/c1-51(2)52(3,4)55(42-18-6-5-7-19-42)50(54-51)47-29-27-41(33-53-47)38-26-28-45-46(32-38)49(40-25-23-35-15-9-11-17-37(35)31-40)44-21-13-12-20-43(44)48(45)39-24-22-34-14-8-10-16-36(34)30-39/h5-33H,1-4H3. The lowest BCUT2D eigenvalue weighted by molar-refractivity contribution is 0.338. The highest BCUT2D eigenvalue weighted by Crippen LogP contribution is 2.46. The van der Waals surface area contributed by atoms with Gasteiger partial charge in [0.05, 0.1) is 11.1 Å². The lowest BCUT2D eigenvalue weighted by Gasteiger charge is -2.41. The fourth-order valence-corrected chi connectivity index (χ4v) is 8.55. The average molecular weight is 708 g/mol. The molecule has 2 heterocycles. The minimum absolute atomic E-state index is 0.243. The summed E-state index contributed by atoms with van der Waals surface area (Å²) in [5.74, 6) is 0.899. The van der Waals surface area contributed by atoms with E-state index in [0.29, 0.717) is 0 Å². The highest BCUT2D eigenvalue weighted by atomic mass is 15.3. The molecule has 0 spiro atoms. The molecule has 1 aliphatic heterocycles. The molecule has 3 nitrogen and oxygen atoms in total. The van der Waals surface area contributed by atoms with Gasteiger partial charge in [-0.1, -0.05) is 133 Å². The molecule has 0 saturated carbocycles. The van der Waals surface area contributed by atoms with Crippen LogP contribution in [0.4, 0.5) is 5.69 Å². The first kappa shape index (κ1) is 33.0. The maximum Gasteiger partial charge on any atom is 0.155 e. The zero-order valence-electron chi connectivity index (χ0n) is 31.6. The monoisotopic (exact) mass is 707 g/mol. The Labute approximate surface area is 322 Å². The van der Waals surface area contributed by atoms with Gasteiger partial charge in [-0.15, -0.1) is 0 Å². The SMILES string of the molecule is CC1(C)N=C(c2ccc(-c3ccc4c(-c5ccc6ccccc6c5)c5ccccc5c(-c5ccc6ccccc6c5)c4c3)cn2)N(c2ccccc2)C1(C)C. The maximum absolute atomic E-state index is 5.28. The molecule has 0 unspecified atom stereocenters. The first-order valence-corrected chi connectivity index (χ1v) is 19.2. The molecule has 0 saturated heterocycles. The summed E-state index contributed by atoms with van der Waals surface area (Å²) < 4.78 is 0. The van der Waals surface area contributed by atoms with Crippen LogP contribution >= 0.6 is 0 Å². The molecule has 0 amide bonds. The van der Waals surface area contributed by atoms with E-state index < -0.39 is 0 Å². The third-order valence-corrected chi connectivity index (χ3v) is 12.1. The van der Waals surface area contributed by atoms with E-state index in [9.17, 15) is 0 Å². The number of aromatic nitrogens is 1. The second-order valence-corrected chi connectivity index (χ2v) is 15.8. The van der Waals surface area contributed by atoms with Crippen molar-refractivity contribution in [1.29, 1.82) is 0 Å². The van der Waals surface area contributed by atoms with E-state index in [4.69, 9.17) is 9.98 Å². The van der Waals surface area contributed by atoms with Crippen LogP contribution in [0.1, 0.15) is 33.4 Å². The van der Waals surface area contributed by atoms with E-state index in [0.717, 1.165) is 28.3 Å². The van der Waals surface area contributed by atoms with Crippen molar-refractivity contribution in [3.63, 3.8) is 0 Å². The predicted octanol–water partition coefficient (Wildman–Crippen LogP) is 13.5. The number of pyridine rings is 1. The molecule has 0 bridgehead atoms. The highest BCUT2D eigenvalue weighted by molar-refractivity contribution is 6.22. The zero-order chi connectivity index (χ0) is 37.3. The fourth-order valence-electron chi connectivity index (χ4n) is 8.55. The topological polar surface area (TPSA) is 28.5 Å². The largest absolute Gasteiger partial charge is 0.317 e. The smallest absolute Gasteiger partial charge is 0.155 e. The van der Waals surface area contributed by atoms with Gasteiger partial charge >= 0.3 is 0 Å². The summed E-state index contributed by atoms with van der Waals surface area (Å²) >= 11 is 0. The van der Waals surface area contributed by atoms with Crippen LogP contribution in [0.2, 0.25) is 0 Å². The van der Waals surface area contributed by atoms with Crippen LogP contribution in [0.15, 0.2) is 181 Å². The normalized spacial score (nSPS) is 14.9. The van der Waals surface area contributed by atoms with Crippen LogP contribution in [-0.4, -0.2) is 21.9 Å².